The van der Waals surface area contributed by atoms with E-state index in [9.17, 15) is 4.79 Å². The van der Waals surface area contributed by atoms with Gasteiger partial charge in [-0.1, -0.05) is 13.0 Å². The summed E-state index contributed by atoms with van der Waals surface area (Å²) >= 11 is 0. The van der Waals surface area contributed by atoms with Crippen molar-refractivity contribution in [1.29, 1.82) is 0 Å². The Morgan fingerprint density at radius 2 is 2.12 bits per heavy atom. The normalized spacial score (nSPS) is 51.8. The van der Waals surface area contributed by atoms with Crippen molar-refractivity contribution in [2.24, 2.45) is 23.2 Å². The quantitative estimate of drug-likeness (QED) is 0.621. The monoisotopic (exact) mass is 220 g/mol. The molecule has 1 spiro atoms. The molecule has 0 radical (unpaired) electrons. The van der Waals surface area contributed by atoms with Crippen molar-refractivity contribution in [3.8, 4) is 0 Å². The maximum Gasteiger partial charge on any atom is 0.172 e. The lowest BCUT2D eigenvalue weighted by molar-refractivity contribution is -0.238. The number of fused-ring (bicyclic) bond motifs is 5. The largest absolute Gasteiger partial charge is 0.347 e. The van der Waals surface area contributed by atoms with Crippen LogP contribution >= 0.6 is 0 Å². The summed E-state index contributed by atoms with van der Waals surface area (Å²) in [5.74, 6) is 0.888. The Morgan fingerprint density at radius 1 is 1.38 bits per heavy atom. The number of carbonyl (C=O) groups is 1. The summed E-state index contributed by atoms with van der Waals surface area (Å²) in [5.41, 5.74) is 0.0978. The summed E-state index contributed by atoms with van der Waals surface area (Å²) in [6.45, 7) is 3.59. The molecule has 4 aliphatic rings. The van der Waals surface area contributed by atoms with E-state index in [4.69, 9.17) is 9.47 Å². The Balaban J connectivity index is 1.75. The molecule has 0 unspecified atom stereocenters. The van der Waals surface area contributed by atoms with Gasteiger partial charge in [0.05, 0.1) is 13.2 Å². The SMILES string of the molecule is C[C@@]12C=CC(=O)[C@@H]1[C@@H]1[C@H]2CCC12OCCO2. The van der Waals surface area contributed by atoms with Crippen LogP contribution in [0.15, 0.2) is 12.2 Å². The third-order valence-corrected chi connectivity index (χ3v) is 5.26. The predicted molar refractivity (Wildman–Crippen MR) is 56.6 cm³/mol. The van der Waals surface area contributed by atoms with Gasteiger partial charge in [-0.3, -0.25) is 4.79 Å². The molecular formula is C13H16O3. The molecule has 1 aliphatic heterocycles. The lowest BCUT2D eigenvalue weighted by Gasteiger charge is -2.55. The smallest absolute Gasteiger partial charge is 0.172 e. The summed E-state index contributed by atoms with van der Waals surface area (Å²) in [4.78, 5) is 11.9. The minimum Gasteiger partial charge on any atom is -0.347 e. The second kappa shape index (κ2) is 2.59. The number of ether oxygens (including phenoxy) is 2. The molecule has 0 amide bonds. The zero-order valence-corrected chi connectivity index (χ0v) is 9.44. The zero-order chi connectivity index (χ0) is 11.0. The molecular weight excluding hydrogens is 204 g/mol. The minimum atomic E-state index is -0.406. The first kappa shape index (κ1) is 9.37. The highest BCUT2D eigenvalue weighted by molar-refractivity contribution is 5.97. The van der Waals surface area contributed by atoms with Crippen molar-refractivity contribution in [3.05, 3.63) is 12.2 Å². The maximum atomic E-state index is 11.9. The topological polar surface area (TPSA) is 35.5 Å². The molecule has 16 heavy (non-hydrogen) atoms. The van der Waals surface area contributed by atoms with Crippen molar-refractivity contribution in [3.63, 3.8) is 0 Å². The first-order chi connectivity index (χ1) is 7.67. The van der Waals surface area contributed by atoms with Gasteiger partial charge in [-0.15, -0.1) is 0 Å². The van der Waals surface area contributed by atoms with E-state index in [1.165, 1.54) is 0 Å². The number of hydrogen-bond acceptors (Lipinski definition) is 3. The van der Waals surface area contributed by atoms with Crippen molar-refractivity contribution in [2.75, 3.05) is 13.2 Å². The number of rotatable bonds is 0. The standard InChI is InChI=1S/C13H16O3/c1-12-4-3-9(14)11(12)10-8(12)2-5-13(10)15-6-7-16-13/h3-4,8,10-11H,2,5-7H2,1H3/t8-,10+,11-,12+/m1/s1. The molecule has 3 nitrogen and oxygen atoms in total. The van der Waals surface area contributed by atoms with Gasteiger partial charge in [0.1, 0.15) is 0 Å². The van der Waals surface area contributed by atoms with E-state index in [0.29, 0.717) is 25.0 Å². The van der Waals surface area contributed by atoms with Gasteiger partial charge in [0.25, 0.3) is 0 Å². The van der Waals surface area contributed by atoms with E-state index in [0.717, 1.165) is 12.8 Å². The Morgan fingerprint density at radius 3 is 2.88 bits per heavy atom. The Labute approximate surface area is 94.8 Å². The number of allylic oxidation sites excluding steroid dienone is 2. The second-order valence-electron chi connectivity index (χ2n) is 5.76. The van der Waals surface area contributed by atoms with Crippen LogP contribution in [0, 0.1) is 23.2 Å². The average molecular weight is 220 g/mol. The highest BCUT2D eigenvalue weighted by Crippen LogP contribution is 2.70. The van der Waals surface area contributed by atoms with Gasteiger partial charge >= 0.3 is 0 Å². The molecule has 3 aliphatic carbocycles. The molecule has 0 N–H and O–H groups in total. The highest BCUT2D eigenvalue weighted by Gasteiger charge is 2.72. The summed E-state index contributed by atoms with van der Waals surface area (Å²) < 4.78 is 11.7. The minimum absolute atomic E-state index is 0.0978. The number of ketones is 1. The van der Waals surface area contributed by atoms with Crippen LogP contribution in [0.4, 0.5) is 0 Å². The van der Waals surface area contributed by atoms with Crippen LogP contribution in [0.5, 0.6) is 0 Å². The molecule has 86 valence electrons. The molecule has 2 saturated carbocycles. The van der Waals surface area contributed by atoms with Gasteiger partial charge in [0.2, 0.25) is 0 Å². The van der Waals surface area contributed by atoms with Crippen molar-refractivity contribution in [1.82, 2.24) is 0 Å². The number of hydrogen-bond donors (Lipinski definition) is 0. The lowest BCUT2D eigenvalue weighted by atomic mass is 9.49. The van der Waals surface area contributed by atoms with E-state index in [2.05, 4.69) is 13.0 Å². The molecule has 4 atom stereocenters. The summed E-state index contributed by atoms with van der Waals surface area (Å²) in [6, 6.07) is 0. The molecule has 0 bridgehead atoms. The van der Waals surface area contributed by atoms with Gasteiger partial charge in [0, 0.05) is 18.3 Å². The van der Waals surface area contributed by atoms with Crippen LogP contribution in [-0.4, -0.2) is 24.8 Å². The van der Waals surface area contributed by atoms with E-state index in [1.807, 2.05) is 0 Å². The predicted octanol–water partition coefficient (Wildman–Crippen LogP) is 1.53. The van der Waals surface area contributed by atoms with Crippen LogP contribution in [0.3, 0.4) is 0 Å². The Bertz CT molecular complexity index is 394. The van der Waals surface area contributed by atoms with Crippen molar-refractivity contribution < 1.29 is 14.3 Å². The van der Waals surface area contributed by atoms with Gasteiger partial charge in [-0.2, -0.15) is 0 Å². The van der Waals surface area contributed by atoms with Gasteiger partial charge in [-0.25, -0.2) is 0 Å². The van der Waals surface area contributed by atoms with Gasteiger partial charge < -0.3 is 9.47 Å². The lowest BCUT2D eigenvalue weighted by Crippen LogP contribution is -2.59. The molecule has 3 heteroatoms. The fraction of sp³-hybridized carbons (Fsp3) is 0.769. The van der Waals surface area contributed by atoms with E-state index < -0.39 is 5.79 Å². The van der Waals surface area contributed by atoms with Crippen LogP contribution < -0.4 is 0 Å². The second-order valence-corrected chi connectivity index (χ2v) is 5.76. The van der Waals surface area contributed by atoms with Gasteiger partial charge in [0.15, 0.2) is 11.6 Å². The molecule has 0 aromatic heterocycles. The van der Waals surface area contributed by atoms with Crippen LogP contribution in [-0.2, 0) is 14.3 Å². The van der Waals surface area contributed by atoms with Crippen molar-refractivity contribution >= 4 is 5.78 Å². The fourth-order valence-corrected chi connectivity index (χ4v) is 4.58. The maximum absolute atomic E-state index is 11.9. The molecule has 0 aromatic rings. The first-order valence-electron chi connectivity index (χ1n) is 6.18. The Hall–Kier alpha value is -0.670. The third kappa shape index (κ3) is 0.800. The average Bonchev–Trinajstić information content (AvgIpc) is 2.88. The summed E-state index contributed by atoms with van der Waals surface area (Å²) in [7, 11) is 0. The number of carbonyl (C=O) groups excluding carboxylic acids is 1. The molecule has 3 fully saturated rings. The highest BCUT2D eigenvalue weighted by atomic mass is 16.7. The first-order valence-corrected chi connectivity index (χ1v) is 6.18. The third-order valence-electron chi connectivity index (χ3n) is 5.26. The van der Waals surface area contributed by atoms with Gasteiger partial charge in [-0.05, 0) is 23.8 Å². The molecule has 1 saturated heterocycles. The van der Waals surface area contributed by atoms with E-state index in [1.54, 1.807) is 6.08 Å². The summed E-state index contributed by atoms with van der Waals surface area (Å²) in [6.07, 6.45) is 5.99. The molecule has 0 aromatic carbocycles. The van der Waals surface area contributed by atoms with Crippen molar-refractivity contribution in [2.45, 2.75) is 25.6 Å². The Kier molecular flexibility index (Phi) is 1.52. The van der Waals surface area contributed by atoms with E-state index in [-0.39, 0.29) is 17.1 Å². The van der Waals surface area contributed by atoms with Crippen LogP contribution in [0.2, 0.25) is 0 Å². The van der Waals surface area contributed by atoms with E-state index >= 15 is 0 Å². The zero-order valence-electron chi connectivity index (χ0n) is 9.44. The van der Waals surface area contributed by atoms with Crippen LogP contribution in [0.1, 0.15) is 19.8 Å². The summed E-state index contributed by atoms with van der Waals surface area (Å²) in [5, 5.41) is 0. The van der Waals surface area contributed by atoms with Crippen LogP contribution in [0.25, 0.3) is 0 Å². The molecule has 1 heterocycles. The fourth-order valence-electron chi connectivity index (χ4n) is 4.58. The molecule has 4 rings (SSSR count).